The summed E-state index contributed by atoms with van der Waals surface area (Å²) in [5.41, 5.74) is 0.856. The van der Waals surface area contributed by atoms with Gasteiger partial charge in [0.15, 0.2) is 5.82 Å². The van der Waals surface area contributed by atoms with E-state index < -0.39 is 5.82 Å². The van der Waals surface area contributed by atoms with E-state index in [0.29, 0.717) is 6.04 Å². The van der Waals surface area contributed by atoms with Gasteiger partial charge >= 0.3 is 0 Å². The summed E-state index contributed by atoms with van der Waals surface area (Å²) in [5, 5.41) is 3.61. The molecule has 2 aromatic rings. The highest BCUT2D eigenvalue weighted by Gasteiger charge is 2.14. The number of hydrogen-bond acceptors (Lipinski definition) is 2. The van der Waals surface area contributed by atoms with Crippen molar-refractivity contribution in [2.45, 2.75) is 32.7 Å². The van der Waals surface area contributed by atoms with Crippen LogP contribution in [0.1, 0.15) is 37.6 Å². The molecule has 1 aromatic heterocycles. The Morgan fingerprint density at radius 3 is 2.43 bits per heavy atom. The van der Waals surface area contributed by atoms with Crippen LogP contribution in [0.25, 0.3) is 10.4 Å². The van der Waals surface area contributed by atoms with Crippen molar-refractivity contribution in [3.8, 4) is 10.4 Å². The van der Waals surface area contributed by atoms with E-state index >= 15 is 0 Å². The van der Waals surface area contributed by atoms with Crippen LogP contribution in [0, 0.1) is 5.82 Å². The summed E-state index contributed by atoms with van der Waals surface area (Å²) >= 11 is 13.4. The van der Waals surface area contributed by atoms with Crippen LogP contribution in [0.3, 0.4) is 0 Å². The fourth-order valence-electron chi connectivity index (χ4n) is 2.27. The molecule has 21 heavy (non-hydrogen) atoms. The predicted octanol–water partition coefficient (Wildman–Crippen LogP) is 6.31. The van der Waals surface area contributed by atoms with E-state index in [1.54, 1.807) is 23.5 Å². The first-order valence-corrected chi connectivity index (χ1v) is 8.62. The molecule has 1 N–H and O–H groups in total. The van der Waals surface area contributed by atoms with E-state index in [1.807, 2.05) is 6.07 Å². The minimum atomic E-state index is -0.560. The van der Waals surface area contributed by atoms with Gasteiger partial charge in [0.25, 0.3) is 0 Å². The molecule has 114 valence electrons. The second-order valence-electron chi connectivity index (χ2n) is 4.85. The summed E-state index contributed by atoms with van der Waals surface area (Å²) in [5.74, 6) is -0.560. The molecule has 0 saturated heterocycles. The topological polar surface area (TPSA) is 12.0 Å². The summed E-state index contributed by atoms with van der Waals surface area (Å²) < 4.78 is 13.5. The summed E-state index contributed by atoms with van der Waals surface area (Å²) in [6.45, 7) is 5.22. The maximum absolute atomic E-state index is 13.5. The molecule has 1 atom stereocenters. The molecule has 1 heterocycles. The van der Waals surface area contributed by atoms with Gasteiger partial charge in [-0.15, -0.1) is 11.3 Å². The molecular weight excluding hydrogens is 328 g/mol. The van der Waals surface area contributed by atoms with Crippen LogP contribution in [0.15, 0.2) is 24.3 Å². The molecule has 0 bridgehead atoms. The van der Waals surface area contributed by atoms with E-state index in [1.165, 1.54) is 4.88 Å². The van der Waals surface area contributed by atoms with Gasteiger partial charge in [-0.2, -0.15) is 0 Å². The Morgan fingerprint density at radius 2 is 1.86 bits per heavy atom. The highest BCUT2D eigenvalue weighted by Crippen LogP contribution is 2.36. The molecule has 1 nitrogen and oxygen atoms in total. The maximum Gasteiger partial charge on any atom is 0.160 e. The van der Waals surface area contributed by atoms with Crippen LogP contribution in [-0.4, -0.2) is 6.54 Å². The molecule has 1 aromatic carbocycles. The van der Waals surface area contributed by atoms with Gasteiger partial charge in [-0.3, -0.25) is 0 Å². The minimum Gasteiger partial charge on any atom is -0.310 e. The van der Waals surface area contributed by atoms with Gasteiger partial charge in [-0.05, 0) is 42.8 Å². The molecule has 2 rings (SSSR count). The van der Waals surface area contributed by atoms with Crippen LogP contribution in [0.5, 0.6) is 0 Å². The van der Waals surface area contributed by atoms with E-state index in [-0.39, 0.29) is 10.0 Å². The fourth-order valence-corrected chi connectivity index (χ4v) is 3.87. The Balaban J connectivity index is 2.30. The summed E-state index contributed by atoms with van der Waals surface area (Å²) in [6.07, 6.45) is 2.22. The summed E-state index contributed by atoms with van der Waals surface area (Å²) in [4.78, 5) is 2.33. The monoisotopic (exact) mass is 345 g/mol. The molecule has 0 spiro atoms. The normalized spacial score (nSPS) is 12.6. The number of hydrogen-bond donors (Lipinski definition) is 1. The largest absolute Gasteiger partial charge is 0.310 e. The van der Waals surface area contributed by atoms with Crippen molar-refractivity contribution < 1.29 is 4.39 Å². The second-order valence-corrected chi connectivity index (χ2v) is 6.78. The average Bonchev–Trinajstić information content (AvgIpc) is 2.93. The first kappa shape index (κ1) is 16.8. The number of benzene rings is 1. The Labute approximate surface area is 139 Å². The van der Waals surface area contributed by atoms with E-state index in [0.717, 1.165) is 29.8 Å². The Kier molecular flexibility index (Phi) is 6.06. The van der Waals surface area contributed by atoms with Crippen LogP contribution in [0.2, 0.25) is 10.0 Å². The van der Waals surface area contributed by atoms with Crippen molar-refractivity contribution in [3.63, 3.8) is 0 Å². The van der Waals surface area contributed by atoms with Crippen LogP contribution >= 0.6 is 34.5 Å². The lowest BCUT2D eigenvalue weighted by Crippen LogP contribution is -2.19. The van der Waals surface area contributed by atoms with Crippen molar-refractivity contribution >= 4 is 34.5 Å². The van der Waals surface area contributed by atoms with Gasteiger partial charge in [-0.1, -0.05) is 43.5 Å². The van der Waals surface area contributed by atoms with E-state index in [4.69, 9.17) is 23.2 Å². The van der Waals surface area contributed by atoms with Crippen LogP contribution < -0.4 is 5.32 Å². The predicted molar refractivity (Wildman–Crippen MR) is 91.1 cm³/mol. The van der Waals surface area contributed by atoms with Gasteiger partial charge in [0, 0.05) is 15.8 Å². The molecule has 0 amide bonds. The van der Waals surface area contributed by atoms with Crippen molar-refractivity contribution in [2.24, 2.45) is 0 Å². The zero-order valence-corrected chi connectivity index (χ0v) is 14.4. The lowest BCUT2D eigenvalue weighted by Gasteiger charge is -2.15. The van der Waals surface area contributed by atoms with E-state index in [2.05, 4.69) is 25.2 Å². The SMILES string of the molecule is CCCC(NCC)c1ccc(-c2cc(Cl)c(F)c(Cl)c2)s1. The fraction of sp³-hybridized carbons (Fsp3) is 0.375. The molecule has 0 aliphatic rings. The number of thiophene rings is 1. The first-order valence-electron chi connectivity index (χ1n) is 7.04. The molecule has 0 fully saturated rings. The van der Waals surface area contributed by atoms with Crippen molar-refractivity contribution in [1.82, 2.24) is 5.32 Å². The Morgan fingerprint density at radius 1 is 1.19 bits per heavy atom. The molecule has 0 radical (unpaired) electrons. The van der Waals surface area contributed by atoms with Crippen molar-refractivity contribution in [3.05, 3.63) is 45.0 Å². The number of rotatable bonds is 6. The quantitative estimate of drug-likeness (QED) is 0.604. The van der Waals surface area contributed by atoms with Gasteiger partial charge in [0.05, 0.1) is 10.0 Å². The molecule has 0 aliphatic heterocycles. The summed E-state index contributed by atoms with van der Waals surface area (Å²) in [7, 11) is 0. The maximum atomic E-state index is 13.5. The third-order valence-electron chi connectivity index (χ3n) is 3.27. The molecule has 0 saturated carbocycles. The van der Waals surface area contributed by atoms with Gasteiger partial charge in [0.2, 0.25) is 0 Å². The smallest absolute Gasteiger partial charge is 0.160 e. The molecule has 0 aliphatic carbocycles. The van der Waals surface area contributed by atoms with Gasteiger partial charge in [0.1, 0.15) is 0 Å². The zero-order chi connectivity index (χ0) is 15.4. The highest BCUT2D eigenvalue weighted by atomic mass is 35.5. The molecular formula is C16H18Cl2FNS. The Hall–Kier alpha value is -0.610. The Bertz CT molecular complexity index is 583. The third-order valence-corrected chi connectivity index (χ3v) is 5.06. The van der Waals surface area contributed by atoms with E-state index in [9.17, 15) is 4.39 Å². The molecule has 5 heteroatoms. The standard InChI is InChI=1S/C16H18Cl2FNS/c1-3-5-13(20-4-2)15-7-6-14(21-15)10-8-11(17)16(19)12(18)9-10/h6-9,13,20H,3-5H2,1-2H3. The van der Waals surface area contributed by atoms with Crippen molar-refractivity contribution in [2.75, 3.05) is 6.54 Å². The minimum absolute atomic E-state index is 0.0595. The average molecular weight is 346 g/mol. The summed E-state index contributed by atoms with van der Waals surface area (Å²) in [6, 6.07) is 7.78. The second kappa shape index (κ2) is 7.59. The number of halogens is 3. The van der Waals surface area contributed by atoms with Gasteiger partial charge in [-0.25, -0.2) is 4.39 Å². The number of nitrogens with one attached hydrogen (secondary N) is 1. The van der Waals surface area contributed by atoms with Crippen LogP contribution in [0.4, 0.5) is 4.39 Å². The first-order chi connectivity index (χ1) is 10.1. The lowest BCUT2D eigenvalue weighted by atomic mass is 10.1. The lowest BCUT2D eigenvalue weighted by molar-refractivity contribution is 0.516. The highest BCUT2D eigenvalue weighted by molar-refractivity contribution is 7.15. The van der Waals surface area contributed by atoms with Crippen molar-refractivity contribution in [1.29, 1.82) is 0 Å². The third kappa shape index (κ3) is 3.98. The van der Waals surface area contributed by atoms with Gasteiger partial charge < -0.3 is 5.32 Å². The zero-order valence-electron chi connectivity index (χ0n) is 12.1. The van der Waals surface area contributed by atoms with Crippen LogP contribution in [-0.2, 0) is 0 Å². The molecule has 1 unspecified atom stereocenters.